The van der Waals surface area contributed by atoms with E-state index in [1.807, 2.05) is 36.1 Å². The molecule has 0 atom stereocenters. The third-order valence-electron chi connectivity index (χ3n) is 3.30. The molecular formula is C16H24BrNO. The van der Waals surface area contributed by atoms with Gasteiger partial charge >= 0.3 is 0 Å². The number of benzene rings is 1. The molecule has 0 radical (unpaired) electrons. The molecule has 0 spiro atoms. The van der Waals surface area contributed by atoms with E-state index < -0.39 is 0 Å². The monoisotopic (exact) mass is 325 g/mol. The van der Waals surface area contributed by atoms with Crippen molar-refractivity contribution in [3.8, 4) is 0 Å². The van der Waals surface area contributed by atoms with Gasteiger partial charge < -0.3 is 4.90 Å². The maximum Gasteiger partial charge on any atom is 0.254 e. The van der Waals surface area contributed by atoms with Crippen molar-refractivity contribution in [3.63, 3.8) is 0 Å². The molecule has 0 aliphatic heterocycles. The molecule has 0 aliphatic carbocycles. The van der Waals surface area contributed by atoms with Gasteiger partial charge in [-0.3, -0.25) is 4.79 Å². The standard InChI is InChI=1S/C16H24BrNO/c1-3-5-6-7-10-13-18(4-2)16(19)14-11-8-9-12-15(14)17/h8-9,11-12H,3-7,10,13H2,1-2H3. The number of rotatable bonds is 8. The van der Waals surface area contributed by atoms with Crippen molar-refractivity contribution in [3.05, 3.63) is 34.3 Å². The van der Waals surface area contributed by atoms with Crippen molar-refractivity contribution in [2.45, 2.75) is 46.0 Å². The van der Waals surface area contributed by atoms with Crippen LogP contribution in [-0.2, 0) is 0 Å². The molecule has 106 valence electrons. The fraction of sp³-hybridized carbons (Fsp3) is 0.562. The second-order valence-electron chi connectivity index (χ2n) is 4.78. The number of hydrogen-bond donors (Lipinski definition) is 0. The summed E-state index contributed by atoms with van der Waals surface area (Å²) in [6, 6.07) is 7.64. The van der Waals surface area contributed by atoms with Crippen LogP contribution in [0.25, 0.3) is 0 Å². The van der Waals surface area contributed by atoms with Crippen LogP contribution in [0.3, 0.4) is 0 Å². The van der Waals surface area contributed by atoms with Crippen LogP contribution >= 0.6 is 15.9 Å². The van der Waals surface area contributed by atoms with Crippen LogP contribution in [-0.4, -0.2) is 23.9 Å². The van der Waals surface area contributed by atoms with Crippen molar-refractivity contribution in [1.29, 1.82) is 0 Å². The molecule has 1 amide bonds. The lowest BCUT2D eigenvalue weighted by atomic mass is 10.1. The Morgan fingerprint density at radius 2 is 1.79 bits per heavy atom. The summed E-state index contributed by atoms with van der Waals surface area (Å²) in [5, 5.41) is 0. The highest BCUT2D eigenvalue weighted by atomic mass is 79.9. The molecule has 0 heterocycles. The van der Waals surface area contributed by atoms with Crippen molar-refractivity contribution in [1.82, 2.24) is 4.90 Å². The Morgan fingerprint density at radius 3 is 2.42 bits per heavy atom. The van der Waals surface area contributed by atoms with Crippen LogP contribution in [0.2, 0.25) is 0 Å². The summed E-state index contributed by atoms with van der Waals surface area (Å²) in [5.41, 5.74) is 0.762. The number of amides is 1. The van der Waals surface area contributed by atoms with Crippen LogP contribution in [0, 0.1) is 0 Å². The third kappa shape index (κ3) is 5.35. The molecule has 0 saturated carbocycles. The maximum atomic E-state index is 12.4. The van der Waals surface area contributed by atoms with Gasteiger partial charge in [0.05, 0.1) is 5.56 Å². The van der Waals surface area contributed by atoms with Gasteiger partial charge in [-0.2, -0.15) is 0 Å². The minimum absolute atomic E-state index is 0.130. The van der Waals surface area contributed by atoms with E-state index in [9.17, 15) is 4.79 Å². The molecule has 0 aliphatic rings. The van der Waals surface area contributed by atoms with Gasteiger partial charge in [0.15, 0.2) is 0 Å². The highest BCUT2D eigenvalue weighted by molar-refractivity contribution is 9.10. The molecule has 2 nitrogen and oxygen atoms in total. The Kier molecular flexibility index (Phi) is 7.80. The number of carbonyl (C=O) groups is 1. The van der Waals surface area contributed by atoms with Crippen molar-refractivity contribution >= 4 is 21.8 Å². The van der Waals surface area contributed by atoms with Crippen LogP contribution in [0.15, 0.2) is 28.7 Å². The number of halogens is 1. The quantitative estimate of drug-likeness (QED) is 0.623. The number of hydrogen-bond acceptors (Lipinski definition) is 1. The lowest BCUT2D eigenvalue weighted by Gasteiger charge is -2.21. The summed E-state index contributed by atoms with van der Waals surface area (Å²) in [5.74, 6) is 0.130. The summed E-state index contributed by atoms with van der Waals surface area (Å²) in [6.07, 6.45) is 6.15. The Labute approximate surface area is 125 Å². The van der Waals surface area contributed by atoms with Gasteiger partial charge in [0.1, 0.15) is 0 Å². The van der Waals surface area contributed by atoms with E-state index in [1.54, 1.807) is 0 Å². The first kappa shape index (κ1) is 16.2. The summed E-state index contributed by atoms with van der Waals surface area (Å²) in [7, 11) is 0. The molecule has 0 bridgehead atoms. The molecule has 0 fully saturated rings. The zero-order chi connectivity index (χ0) is 14.1. The zero-order valence-electron chi connectivity index (χ0n) is 12.0. The predicted octanol–water partition coefficient (Wildman–Crippen LogP) is 4.88. The first-order valence-electron chi connectivity index (χ1n) is 7.24. The van der Waals surface area contributed by atoms with Gasteiger partial charge in [-0.05, 0) is 41.4 Å². The average Bonchev–Trinajstić information content (AvgIpc) is 2.43. The third-order valence-corrected chi connectivity index (χ3v) is 4.00. The molecular weight excluding hydrogens is 302 g/mol. The van der Waals surface area contributed by atoms with Crippen molar-refractivity contribution in [2.24, 2.45) is 0 Å². The second kappa shape index (κ2) is 9.13. The van der Waals surface area contributed by atoms with E-state index in [0.717, 1.165) is 29.5 Å². The Balaban J connectivity index is 2.50. The van der Waals surface area contributed by atoms with Gasteiger partial charge in [-0.25, -0.2) is 0 Å². The fourth-order valence-corrected chi connectivity index (χ4v) is 2.57. The molecule has 19 heavy (non-hydrogen) atoms. The first-order chi connectivity index (χ1) is 9.20. The van der Waals surface area contributed by atoms with Gasteiger partial charge in [-0.15, -0.1) is 0 Å². The van der Waals surface area contributed by atoms with E-state index in [1.165, 1.54) is 25.7 Å². The molecule has 1 aromatic carbocycles. The molecule has 1 aromatic rings. The Bertz CT molecular complexity index is 392. The predicted molar refractivity (Wildman–Crippen MR) is 84.5 cm³/mol. The average molecular weight is 326 g/mol. The molecule has 0 saturated heterocycles. The van der Waals surface area contributed by atoms with Crippen LogP contribution in [0.5, 0.6) is 0 Å². The number of nitrogens with zero attached hydrogens (tertiary/aromatic N) is 1. The van der Waals surface area contributed by atoms with Gasteiger partial charge in [0, 0.05) is 17.6 Å². The lowest BCUT2D eigenvalue weighted by Crippen LogP contribution is -2.32. The summed E-state index contributed by atoms with van der Waals surface area (Å²) >= 11 is 3.45. The Hall–Kier alpha value is -0.830. The van der Waals surface area contributed by atoms with Gasteiger partial charge in [0.25, 0.3) is 5.91 Å². The van der Waals surface area contributed by atoms with Crippen molar-refractivity contribution in [2.75, 3.05) is 13.1 Å². The minimum atomic E-state index is 0.130. The highest BCUT2D eigenvalue weighted by Crippen LogP contribution is 2.18. The normalized spacial score (nSPS) is 10.5. The lowest BCUT2D eigenvalue weighted by molar-refractivity contribution is 0.0760. The highest BCUT2D eigenvalue weighted by Gasteiger charge is 2.15. The van der Waals surface area contributed by atoms with E-state index in [2.05, 4.69) is 22.9 Å². The summed E-state index contributed by atoms with van der Waals surface area (Å²) in [6.45, 7) is 5.89. The summed E-state index contributed by atoms with van der Waals surface area (Å²) < 4.78 is 0.879. The zero-order valence-corrected chi connectivity index (χ0v) is 13.6. The molecule has 0 unspecified atom stereocenters. The maximum absolute atomic E-state index is 12.4. The number of carbonyl (C=O) groups excluding carboxylic acids is 1. The molecule has 0 N–H and O–H groups in total. The topological polar surface area (TPSA) is 20.3 Å². The largest absolute Gasteiger partial charge is 0.339 e. The van der Waals surface area contributed by atoms with Crippen LogP contribution in [0.4, 0.5) is 0 Å². The molecule has 0 aromatic heterocycles. The number of unbranched alkanes of at least 4 members (excludes halogenated alkanes) is 4. The fourth-order valence-electron chi connectivity index (χ4n) is 2.11. The summed E-state index contributed by atoms with van der Waals surface area (Å²) in [4.78, 5) is 14.3. The van der Waals surface area contributed by atoms with Gasteiger partial charge in [-0.1, -0.05) is 44.7 Å². The van der Waals surface area contributed by atoms with Crippen LogP contribution < -0.4 is 0 Å². The van der Waals surface area contributed by atoms with E-state index in [4.69, 9.17) is 0 Å². The van der Waals surface area contributed by atoms with Crippen LogP contribution in [0.1, 0.15) is 56.3 Å². The first-order valence-corrected chi connectivity index (χ1v) is 8.03. The SMILES string of the molecule is CCCCCCCN(CC)C(=O)c1ccccc1Br. The molecule has 1 rings (SSSR count). The van der Waals surface area contributed by atoms with Crippen molar-refractivity contribution < 1.29 is 4.79 Å². The second-order valence-corrected chi connectivity index (χ2v) is 5.63. The Morgan fingerprint density at radius 1 is 1.11 bits per heavy atom. The van der Waals surface area contributed by atoms with E-state index >= 15 is 0 Å². The van der Waals surface area contributed by atoms with E-state index in [-0.39, 0.29) is 5.91 Å². The smallest absolute Gasteiger partial charge is 0.254 e. The molecule has 3 heteroatoms. The van der Waals surface area contributed by atoms with E-state index in [0.29, 0.717) is 0 Å². The van der Waals surface area contributed by atoms with Gasteiger partial charge in [0.2, 0.25) is 0 Å². The minimum Gasteiger partial charge on any atom is -0.339 e.